The molecule has 0 spiro atoms. The van der Waals surface area contributed by atoms with Gasteiger partial charge in [0.05, 0.1) is 26.0 Å². The van der Waals surface area contributed by atoms with Gasteiger partial charge in [-0.15, -0.1) is 0 Å². The van der Waals surface area contributed by atoms with Crippen LogP contribution in [0, 0.1) is 0 Å². The molecule has 1 saturated heterocycles. The summed E-state index contributed by atoms with van der Waals surface area (Å²) in [6.45, 7) is 8.77. The Labute approximate surface area is 173 Å². The van der Waals surface area contributed by atoms with Crippen LogP contribution < -0.4 is 5.32 Å². The molecule has 2 fully saturated rings. The highest BCUT2D eigenvalue weighted by atomic mass is 19.1. The van der Waals surface area contributed by atoms with E-state index in [0.717, 1.165) is 39.0 Å². The third-order valence-corrected chi connectivity index (χ3v) is 4.67. The Morgan fingerprint density at radius 2 is 1.82 bits per heavy atom. The zero-order valence-corrected chi connectivity index (χ0v) is 19.4. The summed E-state index contributed by atoms with van der Waals surface area (Å²) >= 11 is 0. The molecule has 0 aromatic rings. The van der Waals surface area contributed by atoms with Gasteiger partial charge in [0.1, 0.15) is 0 Å². The summed E-state index contributed by atoms with van der Waals surface area (Å²) in [6.07, 6.45) is 10.9. The van der Waals surface area contributed by atoms with Gasteiger partial charge in [-0.05, 0) is 52.8 Å². The first kappa shape index (κ1) is 29.4. The second-order valence-corrected chi connectivity index (χ2v) is 6.87. The highest BCUT2D eigenvalue weighted by Gasteiger charge is 2.34. The number of alkyl halides is 1. The van der Waals surface area contributed by atoms with Crippen molar-refractivity contribution in [2.75, 3.05) is 48.0 Å². The number of nitrogens with one attached hydrogen (secondary N) is 1. The van der Waals surface area contributed by atoms with Crippen molar-refractivity contribution in [1.82, 2.24) is 10.2 Å². The first-order valence-electron chi connectivity index (χ1n) is 10.7. The van der Waals surface area contributed by atoms with Crippen LogP contribution in [0.4, 0.5) is 4.39 Å². The van der Waals surface area contributed by atoms with Gasteiger partial charge in [-0.2, -0.15) is 0 Å². The zero-order chi connectivity index (χ0) is 21.8. The van der Waals surface area contributed by atoms with E-state index in [1.807, 2.05) is 34.2 Å². The first-order valence-corrected chi connectivity index (χ1v) is 10.7. The number of aliphatic hydroxyl groups is 1. The number of likely N-dealkylation sites (tertiary alicyclic amines) is 1. The van der Waals surface area contributed by atoms with E-state index in [1.165, 1.54) is 24.8 Å². The van der Waals surface area contributed by atoms with E-state index in [4.69, 9.17) is 4.74 Å². The summed E-state index contributed by atoms with van der Waals surface area (Å²) in [7, 11) is 6.04. The Balaban J connectivity index is 0. The normalized spacial score (nSPS) is 25.2. The standard InChI is InChI=1S/C17H30N2O2.C2H7N.C2H6.CH3F/c1-14(7-10-18-2)9-12-21-17-6-4-3-5-16(17)19-11-8-15(20)13-19;1-3-2;2*1-2/h7,10,15-17,20H,3-6,8-9,11-13H2,1-2H3;3H,1-2H3;1-2H3;1H3/b14-7+,18-10?;;;. The minimum Gasteiger partial charge on any atom is -0.392 e. The molecule has 1 aliphatic carbocycles. The van der Waals surface area contributed by atoms with Gasteiger partial charge < -0.3 is 15.2 Å². The Kier molecular flexibility index (Phi) is 21.9. The third kappa shape index (κ3) is 13.4. The maximum atomic E-state index is 9.75. The molecule has 6 heteroatoms. The van der Waals surface area contributed by atoms with E-state index in [2.05, 4.69) is 28.2 Å². The van der Waals surface area contributed by atoms with Gasteiger partial charge in [0, 0.05) is 32.4 Å². The fourth-order valence-electron chi connectivity index (χ4n) is 3.42. The lowest BCUT2D eigenvalue weighted by atomic mass is 9.91. The average Bonchev–Trinajstić information content (AvgIpc) is 3.16. The SMILES string of the molecule is CC.CF.CN=C/C=C(\C)CCOC1CCCCC1N1CCC(O)C1.CNC. The topological polar surface area (TPSA) is 57.1 Å². The lowest BCUT2D eigenvalue weighted by molar-refractivity contribution is -0.0315. The largest absolute Gasteiger partial charge is 0.392 e. The fourth-order valence-corrected chi connectivity index (χ4v) is 3.42. The smallest absolute Gasteiger partial charge is 0.0785 e. The Morgan fingerprint density at radius 1 is 1.21 bits per heavy atom. The van der Waals surface area contributed by atoms with Crippen molar-refractivity contribution in [3.8, 4) is 0 Å². The van der Waals surface area contributed by atoms with E-state index < -0.39 is 0 Å². The number of aliphatic hydroxyl groups excluding tert-OH is 1. The number of halogens is 1. The van der Waals surface area contributed by atoms with Crippen molar-refractivity contribution in [2.45, 2.75) is 77.5 Å². The molecule has 0 bridgehead atoms. The van der Waals surface area contributed by atoms with Crippen molar-refractivity contribution in [2.24, 2.45) is 4.99 Å². The number of allylic oxidation sites excluding steroid dienone is 1. The Hall–Kier alpha value is -0.820. The number of β-amino-alcohol motifs (C(OH)–C–C–N with tert-alkyl or cyclic N) is 1. The van der Waals surface area contributed by atoms with Crippen LogP contribution >= 0.6 is 0 Å². The minimum atomic E-state index is -0.133. The van der Waals surface area contributed by atoms with Crippen LogP contribution in [-0.2, 0) is 4.74 Å². The van der Waals surface area contributed by atoms with Gasteiger partial charge in [-0.25, -0.2) is 0 Å². The van der Waals surface area contributed by atoms with Crippen LogP contribution in [-0.4, -0.2) is 82.5 Å². The molecule has 1 saturated carbocycles. The molecule has 2 aliphatic rings. The van der Waals surface area contributed by atoms with Gasteiger partial charge in [0.2, 0.25) is 0 Å². The maximum Gasteiger partial charge on any atom is 0.0785 e. The van der Waals surface area contributed by atoms with Gasteiger partial charge in [-0.3, -0.25) is 14.3 Å². The molecule has 1 aliphatic heterocycles. The molecule has 168 valence electrons. The summed E-state index contributed by atoms with van der Waals surface area (Å²) in [5, 5.41) is 12.5. The van der Waals surface area contributed by atoms with E-state index in [9.17, 15) is 9.50 Å². The Morgan fingerprint density at radius 3 is 2.36 bits per heavy atom. The van der Waals surface area contributed by atoms with Crippen LogP contribution in [0.3, 0.4) is 0 Å². The molecule has 2 rings (SSSR count). The maximum absolute atomic E-state index is 9.75. The van der Waals surface area contributed by atoms with Crippen LogP contribution in [0.15, 0.2) is 16.6 Å². The highest BCUT2D eigenvalue weighted by Crippen LogP contribution is 2.28. The first-order chi connectivity index (χ1) is 13.6. The van der Waals surface area contributed by atoms with E-state index in [-0.39, 0.29) is 6.10 Å². The predicted molar refractivity (Wildman–Crippen MR) is 120 cm³/mol. The number of hydrogen-bond donors (Lipinski definition) is 2. The van der Waals surface area contributed by atoms with E-state index in [1.54, 1.807) is 7.05 Å². The van der Waals surface area contributed by atoms with Crippen molar-refractivity contribution in [3.63, 3.8) is 0 Å². The lowest BCUT2D eigenvalue weighted by Gasteiger charge is -2.37. The zero-order valence-electron chi connectivity index (χ0n) is 19.4. The van der Waals surface area contributed by atoms with Crippen LogP contribution in [0.5, 0.6) is 0 Å². The molecule has 0 amide bonds. The van der Waals surface area contributed by atoms with Gasteiger partial charge >= 0.3 is 0 Å². The Bertz CT molecular complexity index is 392. The van der Waals surface area contributed by atoms with E-state index >= 15 is 0 Å². The van der Waals surface area contributed by atoms with Crippen molar-refractivity contribution in [3.05, 3.63) is 11.6 Å². The fraction of sp³-hybridized carbons (Fsp3) is 0.864. The van der Waals surface area contributed by atoms with Crippen molar-refractivity contribution < 1.29 is 14.2 Å². The van der Waals surface area contributed by atoms with Crippen LogP contribution in [0.25, 0.3) is 0 Å². The third-order valence-electron chi connectivity index (χ3n) is 4.67. The number of aliphatic imine (C=N–C) groups is 1. The second-order valence-electron chi connectivity index (χ2n) is 6.87. The number of rotatable bonds is 6. The average molecular weight is 404 g/mol. The monoisotopic (exact) mass is 403 g/mol. The molecule has 28 heavy (non-hydrogen) atoms. The molecule has 1 heterocycles. The summed E-state index contributed by atoms with van der Waals surface area (Å²) in [5.74, 6) is 0. The molecule has 5 nitrogen and oxygen atoms in total. The molecule has 2 N–H and O–H groups in total. The lowest BCUT2D eigenvalue weighted by Crippen LogP contribution is -2.46. The molecule has 3 atom stereocenters. The number of nitrogens with zero attached hydrogens (tertiary/aromatic N) is 2. The van der Waals surface area contributed by atoms with Crippen molar-refractivity contribution >= 4 is 6.21 Å². The minimum absolute atomic E-state index is 0.133. The molecule has 0 aromatic heterocycles. The number of ether oxygens (including phenoxy) is 1. The van der Waals surface area contributed by atoms with Gasteiger partial charge in [0.25, 0.3) is 0 Å². The second kappa shape index (κ2) is 20.9. The summed E-state index contributed by atoms with van der Waals surface area (Å²) < 4.78 is 15.7. The highest BCUT2D eigenvalue weighted by molar-refractivity contribution is 5.71. The molecule has 3 unspecified atom stereocenters. The molecule has 0 aromatic carbocycles. The summed E-state index contributed by atoms with van der Waals surface area (Å²) in [6, 6.07) is 0.511. The van der Waals surface area contributed by atoms with Gasteiger partial charge in [0.15, 0.2) is 0 Å². The van der Waals surface area contributed by atoms with Crippen LogP contribution in [0.2, 0.25) is 0 Å². The predicted octanol–water partition coefficient (Wildman–Crippen LogP) is 3.87. The van der Waals surface area contributed by atoms with E-state index in [0.29, 0.717) is 19.3 Å². The molecule has 0 radical (unpaired) electrons. The number of hydrogen-bond acceptors (Lipinski definition) is 5. The van der Waals surface area contributed by atoms with Crippen LogP contribution in [0.1, 0.15) is 59.3 Å². The van der Waals surface area contributed by atoms with Crippen molar-refractivity contribution in [1.29, 1.82) is 0 Å². The summed E-state index contributed by atoms with van der Waals surface area (Å²) in [4.78, 5) is 6.42. The quantitative estimate of drug-likeness (QED) is 0.661. The summed E-state index contributed by atoms with van der Waals surface area (Å²) in [5.41, 5.74) is 1.31. The van der Waals surface area contributed by atoms with Gasteiger partial charge in [-0.1, -0.05) is 32.3 Å². The molecular weight excluding hydrogens is 357 g/mol. The molecular formula is C22H46FN3O2.